The van der Waals surface area contributed by atoms with Crippen LogP contribution in [0.5, 0.6) is 0 Å². The number of hydrogen-bond donors (Lipinski definition) is 0. The normalized spacial score (nSPS) is 24.9. The van der Waals surface area contributed by atoms with Gasteiger partial charge >= 0.3 is 0 Å². The summed E-state index contributed by atoms with van der Waals surface area (Å²) in [5.74, 6) is -1.30. The third-order valence-corrected chi connectivity index (χ3v) is 4.74. The van der Waals surface area contributed by atoms with Gasteiger partial charge in [-0.1, -0.05) is 12.1 Å². The minimum atomic E-state index is -3.54. The Hall–Kier alpha value is -1.92. The first-order valence-electron chi connectivity index (χ1n) is 5.13. The monoisotopic (exact) mass is 264 g/mol. The molecule has 0 spiro atoms. The smallest absolute Gasteiger partial charge is 0.169 e. The third-order valence-electron chi connectivity index (χ3n) is 3.17. The second-order valence-electron chi connectivity index (χ2n) is 4.38. The quantitative estimate of drug-likeness (QED) is 0.807. The van der Waals surface area contributed by atoms with E-state index in [1.54, 1.807) is 12.1 Å². The molecule has 0 bridgehead atoms. The first kappa shape index (κ1) is 12.5. The van der Waals surface area contributed by atoms with Gasteiger partial charge in [0.15, 0.2) is 15.3 Å². The van der Waals surface area contributed by atoms with Crippen molar-refractivity contribution in [1.82, 2.24) is 0 Å². The van der Waals surface area contributed by atoms with Crippen molar-refractivity contribution < 1.29 is 12.8 Å². The molecule has 0 aliphatic heterocycles. The van der Waals surface area contributed by atoms with Gasteiger partial charge in [-0.3, -0.25) is 0 Å². The van der Waals surface area contributed by atoms with Gasteiger partial charge in [0.2, 0.25) is 0 Å². The molecule has 0 amide bonds. The first-order valence-corrected chi connectivity index (χ1v) is 7.09. The maximum atomic E-state index is 13.1. The van der Waals surface area contributed by atoms with E-state index in [9.17, 15) is 12.8 Å². The standard InChI is InChI=1S/C12H9FN2O2S/c1-18(16,17)11-10(12(11,6-14)7-15)8-3-2-4-9(13)5-8/h2-5,10-11H,1H3/t10-,11-/m0/s1. The van der Waals surface area contributed by atoms with E-state index in [-0.39, 0.29) is 0 Å². The zero-order valence-corrected chi connectivity index (χ0v) is 10.3. The molecule has 4 nitrogen and oxygen atoms in total. The van der Waals surface area contributed by atoms with Crippen LogP contribution in [-0.2, 0) is 9.84 Å². The first-order chi connectivity index (χ1) is 8.36. The summed E-state index contributed by atoms with van der Waals surface area (Å²) >= 11 is 0. The molecule has 2 atom stereocenters. The lowest BCUT2D eigenvalue weighted by molar-refractivity contribution is 0.597. The Morgan fingerprint density at radius 2 is 1.94 bits per heavy atom. The number of nitriles is 2. The molecule has 0 aromatic heterocycles. The van der Waals surface area contributed by atoms with Crippen molar-refractivity contribution in [2.45, 2.75) is 11.2 Å². The Bertz CT molecular complexity index is 671. The van der Waals surface area contributed by atoms with Crippen LogP contribution in [0.25, 0.3) is 0 Å². The molecule has 0 N–H and O–H groups in total. The molecule has 1 saturated carbocycles. The maximum Gasteiger partial charge on any atom is 0.169 e. The molecule has 0 saturated heterocycles. The van der Waals surface area contributed by atoms with Gasteiger partial charge in [0, 0.05) is 12.2 Å². The number of rotatable bonds is 2. The summed E-state index contributed by atoms with van der Waals surface area (Å²) in [6.07, 6.45) is 0.987. The highest BCUT2D eigenvalue weighted by Crippen LogP contribution is 2.62. The Balaban J connectivity index is 2.54. The molecule has 1 aromatic carbocycles. The van der Waals surface area contributed by atoms with E-state index >= 15 is 0 Å². The topological polar surface area (TPSA) is 81.7 Å². The molecule has 0 unspecified atom stereocenters. The molecule has 92 valence electrons. The predicted octanol–water partition coefficient (Wildman–Crippen LogP) is 1.37. The highest BCUT2D eigenvalue weighted by Gasteiger charge is 2.72. The van der Waals surface area contributed by atoms with Gasteiger partial charge in [-0.25, -0.2) is 12.8 Å². The van der Waals surface area contributed by atoms with Crippen molar-refractivity contribution in [3.05, 3.63) is 35.6 Å². The number of benzene rings is 1. The summed E-state index contributed by atoms with van der Waals surface area (Å²) in [5.41, 5.74) is -1.23. The van der Waals surface area contributed by atoms with Gasteiger partial charge in [-0.05, 0) is 17.7 Å². The van der Waals surface area contributed by atoms with Crippen molar-refractivity contribution in [3.8, 4) is 12.1 Å². The van der Waals surface area contributed by atoms with Gasteiger partial charge < -0.3 is 0 Å². The SMILES string of the molecule is CS(=O)(=O)[C@H]1[C@H](c2cccc(F)c2)C1(C#N)C#N. The number of hydrogen-bond acceptors (Lipinski definition) is 4. The van der Waals surface area contributed by atoms with Crippen molar-refractivity contribution in [3.63, 3.8) is 0 Å². The fraction of sp³-hybridized carbons (Fsp3) is 0.333. The van der Waals surface area contributed by atoms with Crippen molar-refractivity contribution in [1.29, 1.82) is 10.5 Å². The Kier molecular flexibility index (Phi) is 2.64. The average Bonchev–Trinajstić information content (AvgIpc) is 2.98. The molecule has 1 fully saturated rings. The Morgan fingerprint density at radius 3 is 2.33 bits per heavy atom. The fourth-order valence-electron chi connectivity index (χ4n) is 2.37. The molecular formula is C12H9FN2O2S. The lowest BCUT2D eigenvalue weighted by Gasteiger charge is -1.99. The molecule has 1 aromatic rings. The van der Waals surface area contributed by atoms with Crippen LogP contribution in [0.1, 0.15) is 11.5 Å². The molecule has 6 heteroatoms. The van der Waals surface area contributed by atoms with Gasteiger partial charge in [-0.2, -0.15) is 10.5 Å². The zero-order chi connectivity index (χ0) is 13.6. The summed E-state index contributed by atoms with van der Waals surface area (Å²) in [4.78, 5) is 0. The van der Waals surface area contributed by atoms with Gasteiger partial charge in [0.25, 0.3) is 0 Å². The Morgan fingerprint density at radius 1 is 1.33 bits per heavy atom. The van der Waals surface area contributed by atoms with Crippen molar-refractivity contribution >= 4 is 9.84 Å². The lowest BCUT2D eigenvalue weighted by atomic mass is 10.0. The number of nitrogens with zero attached hydrogens (tertiary/aromatic N) is 2. The van der Waals surface area contributed by atoms with E-state index in [0.717, 1.165) is 6.26 Å². The Labute approximate surface area is 104 Å². The summed E-state index contributed by atoms with van der Waals surface area (Å²) in [6, 6.07) is 8.88. The minimum Gasteiger partial charge on any atom is -0.229 e. The van der Waals surface area contributed by atoms with Crippen LogP contribution in [0.4, 0.5) is 4.39 Å². The van der Waals surface area contributed by atoms with Crippen LogP contribution in [0, 0.1) is 33.9 Å². The van der Waals surface area contributed by atoms with E-state index in [1.807, 2.05) is 0 Å². The number of sulfone groups is 1. The second-order valence-corrected chi connectivity index (χ2v) is 6.54. The summed E-state index contributed by atoms with van der Waals surface area (Å²) in [5, 5.41) is 17.0. The number of halogens is 1. The summed E-state index contributed by atoms with van der Waals surface area (Å²) in [7, 11) is -3.54. The van der Waals surface area contributed by atoms with Crippen molar-refractivity contribution in [2.24, 2.45) is 5.41 Å². The predicted molar refractivity (Wildman–Crippen MR) is 61.4 cm³/mol. The van der Waals surface area contributed by atoms with Crippen LogP contribution >= 0.6 is 0 Å². The molecule has 0 radical (unpaired) electrons. The van der Waals surface area contributed by atoms with Crippen LogP contribution in [0.2, 0.25) is 0 Å². The van der Waals surface area contributed by atoms with E-state index < -0.39 is 32.2 Å². The van der Waals surface area contributed by atoms with Gasteiger partial charge in [-0.15, -0.1) is 0 Å². The molecule has 2 rings (SSSR count). The average molecular weight is 264 g/mol. The fourth-order valence-corrected chi connectivity index (χ4v) is 4.09. The van der Waals surface area contributed by atoms with Crippen LogP contribution in [-0.4, -0.2) is 19.9 Å². The van der Waals surface area contributed by atoms with E-state index in [4.69, 9.17) is 10.5 Å². The third kappa shape index (κ3) is 1.66. The van der Waals surface area contributed by atoms with Gasteiger partial charge in [0.1, 0.15) is 11.1 Å². The summed E-state index contributed by atoms with van der Waals surface area (Å²) in [6.45, 7) is 0. The highest BCUT2D eigenvalue weighted by atomic mass is 32.2. The van der Waals surface area contributed by atoms with Crippen LogP contribution < -0.4 is 0 Å². The highest BCUT2D eigenvalue weighted by molar-refractivity contribution is 7.91. The lowest BCUT2D eigenvalue weighted by Crippen LogP contribution is -2.11. The van der Waals surface area contributed by atoms with E-state index in [0.29, 0.717) is 5.56 Å². The minimum absolute atomic E-state index is 0.369. The molecule has 1 aliphatic carbocycles. The van der Waals surface area contributed by atoms with Crippen LogP contribution in [0.15, 0.2) is 24.3 Å². The molecular weight excluding hydrogens is 255 g/mol. The maximum absolute atomic E-state index is 13.1. The van der Waals surface area contributed by atoms with Crippen molar-refractivity contribution in [2.75, 3.05) is 6.26 Å². The molecule has 0 heterocycles. The molecule has 18 heavy (non-hydrogen) atoms. The van der Waals surface area contributed by atoms with E-state index in [1.165, 1.54) is 24.3 Å². The largest absolute Gasteiger partial charge is 0.229 e. The van der Waals surface area contributed by atoms with Crippen LogP contribution in [0.3, 0.4) is 0 Å². The van der Waals surface area contributed by atoms with Gasteiger partial charge in [0.05, 0.1) is 12.1 Å². The zero-order valence-electron chi connectivity index (χ0n) is 9.46. The summed E-state index contributed by atoms with van der Waals surface area (Å²) < 4.78 is 36.3. The second kappa shape index (κ2) is 3.79. The van der Waals surface area contributed by atoms with E-state index in [2.05, 4.69) is 0 Å². The molecule has 1 aliphatic rings.